The predicted octanol–water partition coefficient (Wildman–Crippen LogP) is 6.89. The Hall–Kier alpha value is -4.48. The maximum Gasteiger partial charge on any atom is 0.249 e. The Kier molecular flexibility index (Phi) is 5.94. The maximum absolute atomic E-state index is 4.86. The molecule has 0 saturated heterocycles. The molecule has 0 N–H and O–H groups in total. The first-order valence-electron chi connectivity index (χ1n) is 14.4. The number of hydrogen-bond donors (Lipinski definition) is 0. The molecule has 3 aromatic heterocycles. The fraction of sp³-hybridized carbons (Fsp3) is 0.167. The summed E-state index contributed by atoms with van der Waals surface area (Å²) in [5, 5.41) is 5.36. The second-order valence-corrected chi connectivity index (χ2v) is 16.4. The number of fused-ring (bicyclic) bond motifs is 4. The summed E-state index contributed by atoms with van der Waals surface area (Å²) in [4.78, 5) is 4.86. The Balaban J connectivity index is 1.39. The monoisotopic (exact) mass is 551 g/mol. The number of benzene rings is 4. The molecule has 0 aliphatic heterocycles. The number of aromatic nitrogens is 4. The average molecular weight is 552 g/mol. The van der Waals surface area contributed by atoms with Crippen LogP contribution in [0.1, 0.15) is 25.3 Å². The third-order valence-electron chi connectivity index (χ3n) is 8.72. The topological polar surface area (TPSA) is 26.6 Å². The van der Waals surface area contributed by atoms with E-state index < -0.39 is 8.07 Å². The fourth-order valence-electron chi connectivity index (χ4n) is 6.20. The lowest BCUT2D eigenvalue weighted by Crippen LogP contribution is -2.52. The van der Waals surface area contributed by atoms with Gasteiger partial charge in [0.2, 0.25) is 6.33 Å². The van der Waals surface area contributed by atoms with Gasteiger partial charge in [0.1, 0.15) is 19.6 Å². The van der Waals surface area contributed by atoms with Gasteiger partial charge in [-0.15, -0.1) is 0 Å². The molecule has 0 fully saturated rings. The van der Waals surface area contributed by atoms with Gasteiger partial charge in [0.25, 0.3) is 0 Å². The third kappa shape index (κ3) is 4.11. The van der Waals surface area contributed by atoms with Crippen LogP contribution in [0.25, 0.3) is 44.3 Å². The number of rotatable bonds is 5. The van der Waals surface area contributed by atoms with Crippen LogP contribution in [-0.2, 0) is 7.05 Å². The largest absolute Gasteiger partial charge is 0.294 e. The summed E-state index contributed by atoms with van der Waals surface area (Å²) in [6.07, 6.45) is 4.13. The third-order valence-corrected chi connectivity index (χ3v) is 12.2. The molecule has 0 radical (unpaired) electrons. The lowest BCUT2D eigenvalue weighted by Gasteiger charge is -2.24. The highest BCUT2D eigenvalue weighted by molar-refractivity contribution is 7.00. The van der Waals surface area contributed by atoms with Crippen LogP contribution < -0.4 is 14.9 Å². The van der Waals surface area contributed by atoms with Crippen LogP contribution in [-0.4, -0.2) is 22.2 Å². The first-order chi connectivity index (χ1) is 19.8. The van der Waals surface area contributed by atoms with Crippen molar-refractivity contribution in [3.8, 4) is 11.5 Å². The predicted molar refractivity (Wildman–Crippen MR) is 174 cm³/mol. The summed E-state index contributed by atoms with van der Waals surface area (Å²) in [5.41, 5.74) is 7.36. The van der Waals surface area contributed by atoms with Crippen LogP contribution in [0.15, 0.2) is 116 Å². The summed E-state index contributed by atoms with van der Waals surface area (Å²) in [5.74, 6) is 1.42. The zero-order valence-electron chi connectivity index (χ0n) is 24.3. The van der Waals surface area contributed by atoms with E-state index in [-0.39, 0.29) is 0 Å². The Morgan fingerprint density at radius 2 is 1.44 bits per heavy atom. The van der Waals surface area contributed by atoms with Crippen molar-refractivity contribution in [2.75, 3.05) is 0 Å². The molecule has 0 atom stereocenters. The molecule has 7 aromatic rings. The molecule has 202 valence electrons. The molecule has 7 rings (SSSR count). The molecule has 0 bridgehead atoms. The molecule has 0 saturated carbocycles. The van der Waals surface area contributed by atoms with Crippen molar-refractivity contribution in [3.05, 3.63) is 121 Å². The van der Waals surface area contributed by atoms with Crippen LogP contribution in [0.4, 0.5) is 0 Å². The summed E-state index contributed by atoms with van der Waals surface area (Å²) in [6, 6.07) is 37.9. The van der Waals surface area contributed by atoms with Crippen molar-refractivity contribution in [1.29, 1.82) is 0 Å². The summed E-state index contributed by atoms with van der Waals surface area (Å²) < 4.78 is 6.85. The second-order valence-electron chi connectivity index (χ2n) is 11.9. The lowest BCUT2D eigenvalue weighted by molar-refractivity contribution is -0.645. The number of pyridine rings is 1. The van der Waals surface area contributed by atoms with E-state index in [1.165, 1.54) is 54.5 Å². The van der Waals surface area contributed by atoms with Gasteiger partial charge in [0.15, 0.2) is 11.0 Å². The normalized spacial score (nSPS) is 12.2. The molecule has 4 nitrogen and oxygen atoms in total. The van der Waals surface area contributed by atoms with Crippen molar-refractivity contribution in [2.45, 2.75) is 32.9 Å². The number of para-hydroxylation sites is 3. The standard InChI is InChI=1S/C36H35N4Si/c1-25(2)26-19-20-37-36(21-26)40-32-14-7-6-13-30(32)31-18-17-29(23-35(31)40)41(4,5)28-12-10-11-27(22-28)39-24-38(3)33-15-8-9-16-34(33)39/h6-25H,1-5H3/q+1. The minimum absolute atomic E-state index is 0.443. The molecule has 0 spiro atoms. The number of imidazole rings is 1. The number of nitrogens with zero attached hydrogens (tertiary/aromatic N) is 4. The molecule has 0 amide bonds. The van der Waals surface area contributed by atoms with E-state index in [1.54, 1.807) is 0 Å². The minimum Gasteiger partial charge on any atom is -0.294 e. The highest BCUT2D eigenvalue weighted by Crippen LogP contribution is 2.32. The van der Waals surface area contributed by atoms with E-state index in [4.69, 9.17) is 4.98 Å². The van der Waals surface area contributed by atoms with Gasteiger partial charge in [-0.1, -0.05) is 91.9 Å². The van der Waals surface area contributed by atoms with Crippen molar-refractivity contribution >= 4 is 51.3 Å². The summed E-state index contributed by atoms with van der Waals surface area (Å²) >= 11 is 0. The fourth-order valence-corrected chi connectivity index (χ4v) is 8.55. The molecule has 4 aromatic carbocycles. The van der Waals surface area contributed by atoms with E-state index in [0.717, 1.165) is 5.82 Å². The quantitative estimate of drug-likeness (QED) is 0.169. The zero-order chi connectivity index (χ0) is 28.3. The van der Waals surface area contributed by atoms with Gasteiger partial charge in [-0.05, 0) is 60.0 Å². The van der Waals surface area contributed by atoms with Gasteiger partial charge in [0, 0.05) is 17.0 Å². The van der Waals surface area contributed by atoms with Gasteiger partial charge in [0.05, 0.1) is 18.1 Å². The first-order valence-corrected chi connectivity index (χ1v) is 17.4. The Bertz CT molecular complexity index is 2080. The Morgan fingerprint density at radius 1 is 0.707 bits per heavy atom. The average Bonchev–Trinajstić information content (AvgIpc) is 3.52. The summed E-state index contributed by atoms with van der Waals surface area (Å²) in [7, 11) is 0.0593. The SMILES string of the molecule is CC(C)c1ccnc(-n2c3ccccc3c3ccc([Si](C)(C)c4cccc(-n5c[n+](C)c6ccccc65)c4)cc32)c1. The Morgan fingerprint density at radius 3 is 2.27 bits per heavy atom. The van der Waals surface area contributed by atoms with E-state index in [2.05, 4.69) is 157 Å². The molecule has 0 aliphatic rings. The van der Waals surface area contributed by atoms with Crippen LogP contribution in [0.3, 0.4) is 0 Å². The smallest absolute Gasteiger partial charge is 0.249 e. The highest BCUT2D eigenvalue weighted by atomic mass is 28.3. The van der Waals surface area contributed by atoms with E-state index in [0.29, 0.717) is 5.92 Å². The Labute approximate surface area is 242 Å². The van der Waals surface area contributed by atoms with E-state index in [9.17, 15) is 0 Å². The van der Waals surface area contributed by atoms with Crippen molar-refractivity contribution in [3.63, 3.8) is 0 Å². The molecule has 41 heavy (non-hydrogen) atoms. The first kappa shape index (κ1) is 25.5. The minimum atomic E-state index is -2.05. The zero-order valence-corrected chi connectivity index (χ0v) is 25.3. The van der Waals surface area contributed by atoms with E-state index >= 15 is 0 Å². The maximum atomic E-state index is 4.86. The van der Waals surface area contributed by atoms with Crippen LogP contribution in [0.2, 0.25) is 13.1 Å². The molecular weight excluding hydrogens is 517 g/mol. The van der Waals surface area contributed by atoms with Gasteiger partial charge in [-0.3, -0.25) is 4.57 Å². The van der Waals surface area contributed by atoms with Gasteiger partial charge in [-0.2, -0.15) is 4.57 Å². The molecular formula is C36H35N4Si+. The van der Waals surface area contributed by atoms with Crippen LogP contribution >= 0.6 is 0 Å². The van der Waals surface area contributed by atoms with Crippen molar-refractivity contribution in [1.82, 2.24) is 14.1 Å². The van der Waals surface area contributed by atoms with Crippen LogP contribution in [0, 0.1) is 0 Å². The summed E-state index contributed by atoms with van der Waals surface area (Å²) in [6.45, 7) is 9.40. The van der Waals surface area contributed by atoms with E-state index in [1.807, 2.05) is 6.20 Å². The van der Waals surface area contributed by atoms with Crippen LogP contribution in [0.5, 0.6) is 0 Å². The lowest BCUT2D eigenvalue weighted by atomic mass is 10.1. The second kappa shape index (κ2) is 9.56. The molecule has 0 aliphatic carbocycles. The molecule has 0 unspecified atom stereocenters. The van der Waals surface area contributed by atoms with Crippen molar-refractivity contribution < 1.29 is 4.57 Å². The molecule has 5 heteroatoms. The van der Waals surface area contributed by atoms with Crippen molar-refractivity contribution in [2.24, 2.45) is 7.05 Å². The number of hydrogen-bond acceptors (Lipinski definition) is 1. The number of aryl methyl sites for hydroxylation is 1. The van der Waals surface area contributed by atoms with Gasteiger partial charge < -0.3 is 0 Å². The van der Waals surface area contributed by atoms with Gasteiger partial charge >= 0.3 is 0 Å². The molecule has 3 heterocycles. The van der Waals surface area contributed by atoms with Gasteiger partial charge in [-0.25, -0.2) is 9.55 Å². The highest BCUT2D eigenvalue weighted by Gasteiger charge is 2.28.